The van der Waals surface area contributed by atoms with Gasteiger partial charge in [-0.05, 0) is 26.8 Å². The average molecular weight is 184 g/mol. The molecule has 1 aliphatic heterocycles. The summed E-state index contributed by atoms with van der Waals surface area (Å²) in [5.74, 6) is 0.561. The van der Waals surface area contributed by atoms with Crippen LogP contribution in [-0.4, -0.2) is 37.0 Å². The van der Waals surface area contributed by atoms with E-state index < -0.39 is 0 Å². The van der Waals surface area contributed by atoms with Gasteiger partial charge in [0, 0.05) is 25.0 Å². The van der Waals surface area contributed by atoms with Crippen LogP contribution in [0.2, 0.25) is 0 Å². The molecule has 1 fully saturated rings. The van der Waals surface area contributed by atoms with E-state index in [-0.39, 0.29) is 5.92 Å². The van der Waals surface area contributed by atoms with Crippen molar-refractivity contribution in [3.8, 4) is 0 Å². The van der Waals surface area contributed by atoms with Crippen molar-refractivity contribution in [3.63, 3.8) is 0 Å². The summed E-state index contributed by atoms with van der Waals surface area (Å²) in [6.45, 7) is 5.92. The molecule has 2 atom stereocenters. The zero-order valence-electron chi connectivity index (χ0n) is 8.84. The molecule has 0 spiro atoms. The Hall–Kier alpha value is -0.570. The third kappa shape index (κ3) is 2.69. The monoisotopic (exact) mass is 184 g/mol. The van der Waals surface area contributed by atoms with Gasteiger partial charge in [0.15, 0.2) is 0 Å². The Morgan fingerprint density at radius 3 is 3.00 bits per heavy atom. The number of likely N-dealkylation sites (tertiary alicyclic amines) is 1. The molecule has 1 amide bonds. The predicted octanol–water partition coefficient (Wildman–Crippen LogP) is 0.853. The van der Waals surface area contributed by atoms with E-state index in [1.807, 2.05) is 18.9 Å². The van der Waals surface area contributed by atoms with Gasteiger partial charge in [-0.3, -0.25) is 4.79 Å². The summed E-state index contributed by atoms with van der Waals surface area (Å²) in [7, 11) is 1.93. The molecule has 76 valence electrons. The van der Waals surface area contributed by atoms with Crippen LogP contribution in [0.5, 0.6) is 0 Å². The lowest BCUT2D eigenvalue weighted by Gasteiger charge is -2.32. The average Bonchev–Trinajstić information content (AvgIpc) is 2.13. The SMILES string of the molecule is CNC(C)CN1CCCC(C)C1=O. The van der Waals surface area contributed by atoms with E-state index in [9.17, 15) is 4.79 Å². The third-order valence-electron chi connectivity index (χ3n) is 2.79. The van der Waals surface area contributed by atoms with Crippen LogP contribution in [0.15, 0.2) is 0 Å². The fraction of sp³-hybridized carbons (Fsp3) is 0.900. The van der Waals surface area contributed by atoms with Gasteiger partial charge in [0.05, 0.1) is 0 Å². The second-order valence-electron chi connectivity index (χ2n) is 4.02. The fourth-order valence-corrected chi connectivity index (χ4v) is 1.74. The Kier molecular flexibility index (Phi) is 3.72. The molecule has 0 bridgehead atoms. The van der Waals surface area contributed by atoms with Gasteiger partial charge in [-0.25, -0.2) is 0 Å². The lowest BCUT2D eigenvalue weighted by atomic mass is 9.99. The molecule has 0 saturated carbocycles. The van der Waals surface area contributed by atoms with Gasteiger partial charge in [-0.15, -0.1) is 0 Å². The number of rotatable bonds is 3. The van der Waals surface area contributed by atoms with Gasteiger partial charge >= 0.3 is 0 Å². The van der Waals surface area contributed by atoms with Gasteiger partial charge in [-0.1, -0.05) is 6.92 Å². The molecule has 1 rings (SSSR count). The molecule has 2 unspecified atom stereocenters. The Bertz CT molecular complexity index is 182. The van der Waals surface area contributed by atoms with Crippen LogP contribution in [0, 0.1) is 5.92 Å². The van der Waals surface area contributed by atoms with Gasteiger partial charge in [-0.2, -0.15) is 0 Å². The Balaban J connectivity index is 2.44. The molecule has 1 aliphatic rings. The topological polar surface area (TPSA) is 32.3 Å². The largest absolute Gasteiger partial charge is 0.341 e. The summed E-state index contributed by atoms with van der Waals surface area (Å²) in [6.07, 6.45) is 2.21. The van der Waals surface area contributed by atoms with Crippen molar-refractivity contribution in [2.24, 2.45) is 5.92 Å². The van der Waals surface area contributed by atoms with Crippen molar-refractivity contribution in [1.82, 2.24) is 10.2 Å². The van der Waals surface area contributed by atoms with Crippen LogP contribution in [0.1, 0.15) is 26.7 Å². The standard InChI is InChI=1S/C10H20N2O/c1-8-5-4-6-12(10(8)13)7-9(2)11-3/h8-9,11H,4-7H2,1-3H3. The molecule has 0 aromatic rings. The molecule has 1 saturated heterocycles. The molecule has 3 nitrogen and oxygen atoms in total. The summed E-state index contributed by atoms with van der Waals surface area (Å²) in [4.78, 5) is 13.7. The summed E-state index contributed by atoms with van der Waals surface area (Å²) in [5.41, 5.74) is 0. The molecule has 0 aromatic heterocycles. The molecule has 13 heavy (non-hydrogen) atoms. The van der Waals surface area contributed by atoms with Crippen molar-refractivity contribution < 1.29 is 4.79 Å². The molecular formula is C10H20N2O. The van der Waals surface area contributed by atoms with Gasteiger partial charge < -0.3 is 10.2 Å². The first-order chi connectivity index (χ1) is 6.15. The molecule has 0 radical (unpaired) electrons. The molecule has 3 heteroatoms. The van der Waals surface area contributed by atoms with Gasteiger partial charge in [0.2, 0.25) is 5.91 Å². The number of piperidine rings is 1. The zero-order valence-corrected chi connectivity index (χ0v) is 8.84. The quantitative estimate of drug-likeness (QED) is 0.705. The maximum absolute atomic E-state index is 11.7. The lowest BCUT2D eigenvalue weighted by Crippen LogP contribution is -2.46. The van der Waals surface area contributed by atoms with E-state index in [4.69, 9.17) is 0 Å². The maximum atomic E-state index is 11.7. The zero-order chi connectivity index (χ0) is 9.84. The first kappa shape index (κ1) is 10.5. The highest BCUT2D eigenvalue weighted by atomic mass is 16.2. The highest BCUT2D eigenvalue weighted by Crippen LogP contribution is 2.16. The lowest BCUT2D eigenvalue weighted by molar-refractivity contribution is -0.138. The predicted molar refractivity (Wildman–Crippen MR) is 53.5 cm³/mol. The second-order valence-corrected chi connectivity index (χ2v) is 4.02. The highest BCUT2D eigenvalue weighted by Gasteiger charge is 2.25. The van der Waals surface area contributed by atoms with Crippen LogP contribution < -0.4 is 5.32 Å². The van der Waals surface area contributed by atoms with Crippen LogP contribution >= 0.6 is 0 Å². The number of nitrogens with zero attached hydrogens (tertiary/aromatic N) is 1. The van der Waals surface area contributed by atoms with Gasteiger partial charge in [0.25, 0.3) is 0 Å². The second kappa shape index (κ2) is 4.61. The number of amides is 1. The Labute approximate surface area is 80.5 Å². The normalized spacial score (nSPS) is 26.2. The number of carbonyl (C=O) groups excluding carboxylic acids is 1. The minimum absolute atomic E-state index is 0.234. The number of hydrogen-bond acceptors (Lipinski definition) is 2. The number of nitrogens with one attached hydrogen (secondary N) is 1. The Morgan fingerprint density at radius 1 is 1.69 bits per heavy atom. The minimum Gasteiger partial charge on any atom is -0.341 e. The molecule has 1 N–H and O–H groups in total. The summed E-state index contributed by atoms with van der Waals surface area (Å²) in [6, 6.07) is 0.397. The smallest absolute Gasteiger partial charge is 0.225 e. The van der Waals surface area contributed by atoms with Gasteiger partial charge in [0.1, 0.15) is 0 Å². The van der Waals surface area contributed by atoms with Crippen molar-refractivity contribution in [1.29, 1.82) is 0 Å². The third-order valence-corrected chi connectivity index (χ3v) is 2.79. The molecule has 0 aliphatic carbocycles. The van der Waals surface area contributed by atoms with E-state index in [1.54, 1.807) is 0 Å². The fourth-order valence-electron chi connectivity index (χ4n) is 1.74. The molecular weight excluding hydrogens is 164 g/mol. The van der Waals surface area contributed by atoms with E-state index in [2.05, 4.69) is 12.2 Å². The minimum atomic E-state index is 0.234. The van der Waals surface area contributed by atoms with Crippen LogP contribution in [0.4, 0.5) is 0 Å². The van der Waals surface area contributed by atoms with Crippen LogP contribution in [0.3, 0.4) is 0 Å². The number of likely N-dealkylation sites (N-methyl/N-ethyl adjacent to an activating group) is 1. The maximum Gasteiger partial charge on any atom is 0.225 e. The summed E-state index contributed by atoms with van der Waals surface area (Å²) < 4.78 is 0. The Morgan fingerprint density at radius 2 is 2.38 bits per heavy atom. The van der Waals surface area contributed by atoms with E-state index in [0.29, 0.717) is 11.9 Å². The summed E-state index contributed by atoms with van der Waals surface area (Å²) in [5, 5.41) is 3.15. The summed E-state index contributed by atoms with van der Waals surface area (Å²) >= 11 is 0. The number of hydrogen-bond donors (Lipinski definition) is 1. The first-order valence-electron chi connectivity index (χ1n) is 5.11. The van der Waals surface area contributed by atoms with E-state index in [0.717, 1.165) is 25.9 Å². The van der Waals surface area contributed by atoms with Crippen molar-refractivity contribution in [2.45, 2.75) is 32.7 Å². The van der Waals surface area contributed by atoms with Crippen molar-refractivity contribution in [3.05, 3.63) is 0 Å². The van der Waals surface area contributed by atoms with Crippen molar-refractivity contribution in [2.75, 3.05) is 20.1 Å². The molecule has 0 aromatic carbocycles. The van der Waals surface area contributed by atoms with E-state index in [1.165, 1.54) is 0 Å². The molecule has 1 heterocycles. The first-order valence-corrected chi connectivity index (χ1v) is 5.11. The number of carbonyl (C=O) groups is 1. The van der Waals surface area contributed by atoms with Crippen LogP contribution in [0.25, 0.3) is 0 Å². The highest BCUT2D eigenvalue weighted by molar-refractivity contribution is 5.79. The van der Waals surface area contributed by atoms with Crippen LogP contribution in [-0.2, 0) is 4.79 Å². The van der Waals surface area contributed by atoms with E-state index >= 15 is 0 Å². The van der Waals surface area contributed by atoms with Crippen molar-refractivity contribution >= 4 is 5.91 Å².